The molecule has 1 aromatic heterocycles. The quantitative estimate of drug-likeness (QED) is 0.888. The maximum atomic E-state index is 12.4. The lowest BCUT2D eigenvalue weighted by molar-refractivity contribution is 0.0945. The molecule has 0 radical (unpaired) electrons. The molecule has 2 rings (SSSR count). The average Bonchev–Trinajstić information content (AvgIpc) is 2.86. The van der Waals surface area contributed by atoms with Crippen LogP contribution in [0.5, 0.6) is 0 Å². The molecule has 0 bridgehead atoms. The highest BCUT2D eigenvalue weighted by molar-refractivity contribution is 6.08. The zero-order valence-electron chi connectivity index (χ0n) is 13.0. The Morgan fingerprint density at radius 2 is 1.95 bits per heavy atom. The smallest absolute Gasteiger partial charge is 0.271 e. The van der Waals surface area contributed by atoms with E-state index >= 15 is 0 Å². The molecule has 2 aromatic rings. The molecule has 1 aromatic carbocycles. The van der Waals surface area contributed by atoms with Gasteiger partial charge in [0.1, 0.15) is 5.69 Å². The Morgan fingerprint density at radius 3 is 2.64 bits per heavy atom. The molecule has 0 saturated heterocycles. The number of amides is 2. The van der Waals surface area contributed by atoms with Gasteiger partial charge < -0.3 is 10.6 Å². The Kier molecular flexibility index (Phi) is 4.93. The van der Waals surface area contributed by atoms with Crippen molar-refractivity contribution in [2.24, 2.45) is 7.05 Å². The number of benzene rings is 1. The highest BCUT2D eigenvalue weighted by Gasteiger charge is 2.19. The van der Waals surface area contributed by atoms with Crippen LogP contribution in [0.2, 0.25) is 0 Å². The SMILES string of the molecule is CCCNC(=O)c1c(NC(=O)c2ccccc2C)cnn1C. The van der Waals surface area contributed by atoms with Crippen LogP contribution in [0.25, 0.3) is 0 Å². The molecule has 0 spiro atoms. The van der Waals surface area contributed by atoms with Gasteiger partial charge in [0.25, 0.3) is 11.8 Å². The molecular weight excluding hydrogens is 280 g/mol. The second-order valence-corrected chi connectivity index (χ2v) is 5.06. The number of nitrogens with one attached hydrogen (secondary N) is 2. The van der Waals surface area contributed by atoms with Crippen LogP contribution in [0, 0.1) is 6.92 Å². The lowest BCUT2D eigenvalue weighted by Gasteiger charge is -2.09. The topological polar surface area (TPSA) is 76.0 Å². The maximum absolute atomic E-state index is 12.4. The summed E-state index contributed by atoms with van der Waals surface area (Å²) in [4.78, 5) is 24.5. The predicted octanol–water partition coefficient (Wildman–Crippen LogP) is 2.12. The van der Waals surface area contributed by atoms with Gasteiger partial charge in [-0.3, -0.25) is 14.3 Å². The minimum atomic E-state index is -0.254. The molecule has 22 heavy (non-hydrogen) atoms. The standard InChI is InChI=1S/C16H20N4O2/c1-4-9-17-16(22)14-13(10-18-20(14)3)19-15(21)12-8-6-5-7-11(12)2/h5-8,10H,4,9H2,1-3H3,(H,17,22)(H,19,21). The lowest BCUT2D eigenvalue weighted by Crippen LogP contribution is -2.27. The van der Waals surface area contributed by atoms with Gasteiger partial charge in [0, 0.05) is 19.2 Å². The number of nitrogens with zero attached hydrogens (tertiary/aromatic N) is 2. The summed E-state index contributed by atoms with van der Waals surface area (Å²) >= 11 is 0. The van der Waals surface area contributed by atoms with Gasteiger partial charge in [-0.25, -0.2) is 0 Å². The van der Waals surface area contributed by atoms with Crippen molar-refractivity contribution in [3.8, 4) is 0 Å². The summed E-state index contributed by atoms with van der Waals surface area (Å²) in [7, 11) is 1.67. The predicted molar refractivity (Wildman–Crippen MR) is 85.0 cm³/mol. The van der Waals surface area contributed by atoms with Gasteiger partial charge in [0.05, 0.1) is 11.9 Å². The number of anilines is 1. The largest absolute Gasteiger partial charge is 0.351 e. The zero-order valence-corrected chi connectivity index (χ0v) is 13.0. The third-order valence-electron chi connectivity index (χ3n) is 3.33. The second kappa shape index (κ2) is 6.89. The molecule has 6 nitrogen and oxygen atoms in total. The summed E-state index contributed by atoms with van der Waals surface area (Å²) in [5, 5.41) is 9.61. The molecule has 1 heterocycles. The van der Waals surface area contributed by atoms with Crippen LogP contribution in [-0.2, 0) is 7.05 Å². The molecule has 0 aliphatic rings. The first-order valence-electron chi connectivity index (χ1n) is 7.21. The molecule has 2 N–H and O–H groups in total. The molecule has 0 atom stereocenters. The van der Waals surface area contributed by atoms with Crippen molar-refractivity contribution >= 4 is 17.5 Å². The van der Waals surface area contributed by atoms with Crippen molar-refractivity contribution in [3.63, 3.8) is 0 Å². The van der Waals surface area contributed by atoms with E-state index in [1.54, 1.807) is 19.2 Å². The van der Waals surface area contributed by atoms with E-state index in [0.29, 0.717) is 23.5 Å². The molecule has 0 aliphatic carbocycles. The van der Waals surface area contributed by atoms with Crippen LogP contribution in [-0.4, -0.2) is 28.1 Å². The van der Waals surface area contributed by atoms with Gasteiger partial charge in [-0.15, -0.1) is 0 Å². The van der Waals surface area contributed by atoms with E-state index in [1.807, 2.05) is 26.0 Å². The Balaban J connectivity index is 2.22. The van der Waals surface area contributed by atoms with Crippen molar-refractivity contribution in [3.05, 3.63) is 47.3 Å². The van der Waals surface area contributed by atoms with Gasteiger partial charge >= 0.3 is 0 Å². The van der Waals surface area contributed by atoms with Crippen LogP contribution < -0.4 is 10.6 Å². The number of carbonyl (C=O) groups is 2. The molecule has 0 fully saturated rings. The van der Waals surface area contributed by atoms with Crippen LogP contribution in [0.15, 0.2) is 30.5 Å². The third-order valence-corrected chi connectivity index (χ3v) is 3.33. The fourth-order valence-electron chi connectivity index (χ4n) is 2.14. The van der Waals surface area contributed by atoms with Crippen molar-refractivity contribution in [1.82, 2.24) is 15.1 Å². The van der Waals surface area contributed by atoms with Crippen LogP contribution in [0.1, 0.15) is 39.8 Å². The number of aromatic nitrogens is 2. The van der Waals surface area contributed by atoms with E-state index in [9.17, 15) is 9.59 Å². The van der Waals surface area contributed by atoms with E-state index in [-0.39, 0.29) is 11.8 Å². The van der Waals surface area contributed by atoms with Gasteiger partial charge in [0.15, 0.2) is 0 Å². The highest BCUT2D eigenvalue weighted by Crippen LogP contribution is 2.16. The lowest BCUT2D eigenvalue weighted by atomic mass is 10.1. The second-order valence-electron chi connectivity index (χ2n) is 5.06. The van der Waals surface area contributed by atoms with E-state index in [2.05, 4.69) is 15.7 Å². The monoisotopic (exact) mass is 300 g/mol. The molecule has 116 valence electrons. The molecule has 0 aliphatic heterocycles. The number of carbonyl (C=O) groups excluding carboxylic acids is 2. The first kappa shape index (κ1) is 15.8. The van der Waals surface area contributed by atoms with Crippen molar-refractivity contribution in [2.45, 2.75) is 20.3 Å². The minimum Gasteiger partial charge on any atom is -0.351 e. The normalized spacial score (nSPS) is 10.3. The van der Waals surface area contributed by atoms with Crippen molar-refractivity contribution in [2.75, 3.05) is 11.9 Å². The number of hydrogen-bond donors (Lipinski definition) is 2. The molecule has 6 heteroatoms. The summed E-state index contributed by atoms with van der Waals surface area (Å²) in [6.45, 7) is 4.42. The molecule has 0 unspecified atom stereocenters. The van der Waals surface area contributed by atoms with E-state index in [1.165, 1.54) is 10.9 Å². The third kappa shape index (κ3) is 3.33. The first-order valence-corrected chi connectivity index (χ1v) is 7.21. The summed E-state index contributed by atoms with van der Waals surface area (Å²) in [6, 6.07) is 7.30. The maximum Gasteiger partial charge on any atom is 0.271 e. The summed E-state index contributed by atoms with van der Waals surface area (Å²) in [5.41, 5.74) is 2.20. The Hall–Kier alpha value is -2.63. The van der Waals surface area contributed by atoms with Gasteiger partial charge in [-0.05, 0) is 25.0 Å². The molecule has 2 amide bonds. The van der Waals surface area contributed by atoms with Crippen molar-refractivity contribution < 1.29 is 9.59 Å². The highest BCUT2D eigenvalue weighted by atomic mass is 16.2. The zero-order chi connectivity index (χ0) is 16.1. The van der Waals surface area contributed by atoms with E-state index < -0.39 is 0 Å². The van der Waals surface area contributed by atoms with Gasteiger partial charge in [-0.2, -0.15) is 5.10 Å². The van der Waals surface area contributed by atoms with Crippen LogP contribution in [0.3, 0.4) is 0 Å². The van der Waals surface area contributed by atoms with E-state index in [0.717, 1.165) is 12.0 Å². The first-order chi connectivity index (χ1) is 10.5. The minimum absolute atomic E-state index is 0.248. The Bertz CT molecular complexity index is 691. The van der Waals surface area contributed by atoms with E-state index in [4.69, 9.17) is 0 Å². The van der Waals surface area contributed by atoms with Gasteiger partial charge in [0.2, 0.25) is 0 Å². The molecular formula is C16H20N4O2. The number of rotatable bonds is 5. The van der Waals surface area contributed by atoms with Crippen LogP contribution in [0.4, 0.5) is 5.69 Å². The molecule has 0 saturated carbocycles. The Morgan fingerprint density at radius 1 is 1.23 bits per heavy atom. The van der Waals surface area contributed by atoms with Crippen LogP contribution >= 0.6 is 0 Å². The Labute approximate surface area is 129 Å². The van der Waals surface area contributed by atoms with Gasteiger partial charge in [-0.1, -0.05) is 25.1 Å². The number of aryl methyl sites for hydroxylation is 2. The average molecular weight is 300 g/mol. The summed E-state index contributed by atoms with van der Waals surface area (Å²) in [6.07, 6.45) is 2.32. The summed E-state index contributed by atoms with van der Waals surface area (Å²) in [5.74, 6) is -0.502. The fourth-order valence-corrected chi connectivity index (χ4v) is 2.14. The number of hydrogen-bond acceptors (Lipinski definition) is 3. The van der Waals surface area contributed by atoms with Crippen molar-refractivity contribution in [1.29, 1.82) is 0 Å². The summed E-state index contributed by atoms with van der Waals surface area (Å²) < 4.78 is 1.46. The fraction of sp³-hybridized carbons (Fsp3) is 0.312.